The van der Waals surface area contributed by atoms with Crippen molar-refractivity contribution in [3.8, 4) is 6.07 Å². The van der Waals surface area contributed by atoms with Gasteiger partial charge in [-0.05, 0) is 92.1 Å². The van der Waals surface area contributed by atoms with E-state index in [1.807, 2.05) is 35.2 Å². The molecule has 5 saturated heterocycles. The molecule has 1 N–H and O–H groups in total. The zero-order chi connectivity index (χ0) is 39.4. The Kier molecular flexibility index (Phi) is 9.65. The third-order valence-electron chi connectivity index (χ3n) is 13.2. The average molecular weight is 789 g/mol. The first-order valence-electron chi connectivity index (χ1n) is 20.0. The van der Waals surface area contributed by atoms with Crippen LogP contribution < -0.4 is 20.0 Å². The van der Waals surface area contributed by atoms with Gasteiger partial charge in [0.2, 0.25) is 11.8 Å². The van der Waals surface area contributed by atoms with Crippen molar-refractivity contribution in [2.45, 2.75) is 50.6 Å². The molecule has 0 aliphatic carbocycles. The molecule has 5 amide bonds. The number of rotatable bonds is 6. The summed E-state index contributed by atoms with van der Waals surface area (Å²) in [7, 11) is 0. The maximum Gasteiger partial charge on any atom is 0.262 e. The van der Waals surface area contributed by atoms with Crippen molar-refractivity contribution in [3.05, 3.63) is 87.9 Å². The Morgan fingerprint density at radius 2 is 1.46 bits per heavy atom. The Balaban J connectivity index is 0.770. The number of imide groups is 2. The second-order valence-electron chi connectivity index (χ2n) is 16.4. The molecule has 6 heterocycles. The number of fused-ring (bicyclic) bond motifs is 1. The zero-order valence-corrected chi connectivity index (χ0v) is 32.5. The number of carbonyl (C=O) groups excluding carboxylic acids is 5. The minimum absolute atomic E-state index is 0.0663. The summed E-state index contributed by atoms with van der Waals surface area (Å²) in [5, 5.41) is 12.0. The third-order valence-corrected chi connectivity index (χ3v) is 13.5. The summed E-state index contributed by atoms with van der Waals surface area (Å²) in [4.78, 5) is 77.0. The van der Waals surface area contributed by atoms with Crippen LogP contribution in [0.3, 0.4) is 0 Å². The molecule has 294 valence electrons. The molecule has 3 aromatic carbocycles. The highest BCUT2D eigenvalue weighted by molar-refractivity contribution is 6.32. The molecule has 1 spiro atoms. The van der Waals surface area contributed by atoms with Gasteiger partial charge in [0.25, 0.3) is 17.7 Å². The number of benzene rings is 3. The largest absolute Gasteiger partial charge is 0.371 e. The molecular formula is C43H45ClN8O5. The van der Waals surface area contributed by atoms with E-state index in [2.05, 4.69) is 43.1 Å². The monoisotopic (exact) mass is 788 g/mol. The van der Waals surface area contributed by atoms with Crippen LogP contribution in [-0.4, -0.2) is 122 Å². The lowest BCUT2D eigenvalue weighted by atomic mass is 9.77. The molecule has 3 aromatic rings. The van der Waals surface area contributed by atoms with Crippen molar-refractivity contribution in [2.75, 3.05) is 80.1 Å². The van der Waals surface area contributed by atoms with E-state index in [4.69, 9.17) is 11.6 Å². The maximum atomic E-state index is 13.8. The first kappa shape index (κ1) is 37.1. The normalized spacial score (nSPS) is 23.7. The van der Waals surface area contributed by atoms with Gasteiger partial charge in [0.15, 0.2) is 0 Å². The molecule has 6 aliphatic rings. The van der Waals surface area contributed by atoms with Gasteiger partial charge in [0.1, 0.15) is 12.1 Å². The molecule has 5 fully saturated rings. The number of anilines is 3. The molecule has 0 saturated carbocycles. The standard InChI is InChI=1S/C43H45ClN8O5/c44-36-24-32(5-4-29(36)25-45)47-15-11-43(12-16-47)13-17-51(27-43)30-3-1-2-28(22-30)40(55)49-20-18-48(19-21-49)33-10-14-50(26-33)31-6-7-34-35(23-31)42(57)52(41(34)56)37-8-9-38(53)46-39(37)54/h1-7,22-24,33,37H,8-21,26-27H2,(H,46,53,54). The lowest BCUT2D eigenvalue weighted by Crippen LogP contribution is -2.54. The molecule has 14 heteroatoms. The van der Waals surface area contributed by atoms with Gasteiger partial charge in [-0.3, -0.25) is 39.1 Å². The van der Waals surface area contributed by atoms with Crippen LogP contribution in [0.4, 0.5) is 17.1 Å². The quantitative estimate of drug-likeness (QED) is 0.363. The van der Waals surface area contributed by atoms with Gasteiger partial charge in [-0.2, -0.15) is 5.26 Å². The van der Waals surface area contributed by atoms with E-state index >= 15 is 0 Å². The Bertz CT molecular complexity index is 2210. The van der Waals surface area contributed by atoms with Crippen molar-refractivity contribution in [2.24, 2.45) is 5.41 Å². The number of hydrogen-bond donors (Lipinski definition) is 1. The molecule has 9 rings (SSSR count). The van der Waals surface area contributed by atoms with Gasteiger partial charge in [-0.1, -0.05) is 17.7 Å². The molecule has 13 nitrogen and oxygen atoms in total. The number of carbonyl (C=O) groups is 5. The predicted octanol–water partition coefficient (Wildman–Crippen LogP) is 4.15. The van der Waals surface area contributed by atoms with Crippen molar-refractivity contribution in [1.82, 2.24) is 20.0 Å². The number of nitrogens with one attached hydrogen (secondary N) is 1. The van der Waals surface area contributed by atoms with E-state index in [-0.39, 0.29) is 29.7 Å². The molecular weight excluding hydrogens is 744 g/mol. The van der Waals surface area contributed by atoms with Gasteiger partial charge in [-0.25, -0.2) is 0 Å². The van der Waals surface area contributed by atoms with Gasteiger partial charge in [0.05, 0.1) is 21.7 Å². The highest BCUT2D eigenvalue weighted by atomic mass is 35.5. The summed E-state index contributed by atoms with van der Waals surface area (Å²) < 4.78 is 0. The minimum atomic E-state index is -0.986. The Morgan fingerprint density at radius 3 is 2.19 bits per heavy atom. The Morgan fingerprint density at radius 1 is 0.754 bits per heavy atom. The molecule has 0 radical (unpaired) electrons. The second kappa shape index (κ2) is 14.8. The van der Waals surface area contributed by atoms with Gasteiger partial charge in [0, 0.05) is 101 Å². The van der Waals surface area contributed by atoms with E-state index < -0.39 is 29.7 Å². The summed E-state index contributed by atoms with van der Waals surface area (Å²) in [5.41, 5.74) is 5.07. The SMILES string of the molecule is N#Cc1ccc(N2CCC3(CC2)CCN(c2cccc(C(=O)N4CCN(C5CCN(c6ccc7c(c6)C(=O)N(C6CCC(=O)NC6=O)C7=O)C5)CC4)c2)C3)cc1Cl. The highest BCUT2D eigenvalue weighted by Gasteiger charge is 2.45. The second-order valence-corrected chi connectivity index (χ2v) is 16.8. The molecule has 0 bridgehead atoms. The number of piperidine rings is 2. The molecule has 0 aromatic heterocycles. The van der Waals surface area contributed by atoms with E-state index in [9.17, 15) is 29.2 Å². The number of halogens is 1. The fourth-order valence-electron chi connectivity index (χ4n) is 9.83. The topological polar surface area (TPSA) is 141 Å². The highest BCUT2D eigenvalue weighted by Crippen LogP contribution is 2.43. The van der Waals surface area contributed by atoms with Crippen molar-refractivity contribution >= 4 is 58.2 Å². The average Bonchev–Trinajstić information content (AvgIpc) is 3.95. The van der Waals surface area contributed by atoms with Crippen molar-refractivity contribution < 1.29 is 24.0 Å². The van der Waals surface area contributed by atoms with Crippen molar-refractivity contribution in [3.63, 3.8) is 0 Å². The first-order valence-corrected chi connectivity index (χ1v) is 20.4. The van der Waals surface area contributed by atoms with Crippen LogP contribution in [0.25, 0.3) is 0 Å². The number of nitriles is 1. The van der Waals surface area contributed by atoms with E-state index in [1.54, 1.807) is 18.2 Å². The zero-order valence-electron chi connectivity index (χ0n) is 31.8. The first-order chi connectivity index (χ1) is 27.6. The maximum absolute atomic E-state index is 13.8. The number of amides is 5. The lowest BCUT2D eigenvalue weighted by molar-refractivity contribution is -0.136. The summed E-state index contributed by atoms with van der Waals surface area (Å²) in [5.74, 6) is -1.94. The summed E-state index contributed by atoms with van der Waals surface area (Å²) in [6, 6.07) is 20.6. The molecule has 2 unspecified atom stereocenters. The van der Waals surface area contributed by atoms with Gasteiger partial charge in [-0.15, -0.1) is 0 Å². The van der Waals surface area contributed by atoms with Gasteiger partial charge < -0.3 is 19.6 Å². The lowest BCUT2D eigenvalue weighted by Gasteiger charge is -2.40. The number of hydrogen-bond acceptors (Lipinski definition) is 10. The van der Waals surface area contributed by atoms with Crippen LogP contribution in [0, 0.1) is 16.7 Å². The summed E-state index contributed by atoms with van der Waals surface area (Å²) in [6.07, 6.45) is 4.45. The number of piperazine rings is 1. The van der Waals surface area contributed by atoms with Crippen LogP contribution in [0.5, 0.6) is 0 Å². The van der Waals surface area contributed by atoms with E-state index in [0.29, 0.717) is 35.3 Å². The fourth-order valence-corrected chi connectivity index (χ4v) is 10.0. The van der Waals surface area contributed by atoms with Crippen LogP contribution in [0.2, 0.25) is 5.02 Å². The van der Waals surface area contributed by atoms with Crippen LogP contribution >= 0.6 is 11.6 Å². The van der Waals surface area contributed by atoms with Crippen LogP contribution in [0.1, 0.15) is 75.2 Å². The van der Waals surface area contributed by atoms with Crippen LogP contribution in [0.15, 0.2) is 60.7 Å². The Hall–Kier alpha value is -5.45. The molecule has 6 aliphatic heterocycles. The summed E-state index contributed by atoms with van der Waals surface area (Å²) >= 11 is 6.33. The third kappa shape index (κ3) is 6.89. The van der Waals surface area contributed by atoms with Crippen LogP contribution in [-0.2, 0) is 9.59 Å². The molecule has 57 heavy (non-hydrogen) atoms. The number of nitrogens with zero attached hydrogens (tertiary/aromatic N) is 7. The Labute approximate surface area is 336 Å². The summed E-state index contributed by atoms with van der Waals surface area (Å²) in [6.45, 7) is 8.28. The van der Waals surface area contributed by atoms with Crippen molar-refractivity contribution in [1.29, 1.82) is 5.26 Å². The van der Waals surface area contributed by atoms with Gasteiger partial charge >= 0.3 is 0 Å². The van der Waals surface area contributed by atoms with E-state index in [0.717, 1.165) is 106 Å². The fraction of sp³-hybridized carbons (Fsp3) is 0.442. The predicted molar refractivity (Wildman–Crippen MR) is 215 cm³/mol. The smallest absolute Gasteiger partial charge is 0.262 e. The molecule has 2 atom stereocenters. The van der Waals surface area contributed by atoms with E-state index in [1.165, 1.54) is 0 Å². The minimum Gasteiger partial charge on any atom is -0.371 e.